The average molecular weight is 409 g/mol. The van der Waals surface area contributed by atoms with Gasteiger partial charge in [-0.15, -0.1) is 0 Å². The molecule has 0 bridgehead atoms. The van der Waals surface area contributed by atoms with Gasteiger partial charge in [-0.2, -0.15) is 0 Å². The van der Waals surface area contributed by atoms with Crippen LogP contribution in [0.25, 0.3) is 0 Å². The van der Waals surface area contributed by atoms with E-state index in [9.17, 15) is 0 Å². The van der Waals surface area contributed by atoms with Crippen molar-refractivity contribution in [1.29, 1.82) is 0 Å². The number of ether oxygens (including phenoxy) is 1. The van der Waals surface area contributed by atoms with Crippen molar-refractivity contribution in [1.82, 2.24) is 0 Å². The van der Waals surface area contributed by atoms with Crippen molar-refractivity contribution in [2.45, 2.75) is 45.4 Å². The summed E-state index contributed by atoms with van der Waals surface area (Å²) in [6.07, 6.45) is 7.85. The zero-order valence-electron chi connectivity index (χ0n) is 13.4. The maximum atomic E-state index is 5.83. The first-order chi connectivity index (χ1) is 10.9. The van der Waals surface area contributed by atoms with Crippen molar-refractivity contribution in [2.24, 2.45) is 0 Å². The molecule has 0 saturated carbocycles. The number of hydrogen-bond acceptors (Lipinski definition) is 1. The van der Waals surface area contributed by atoms with Gasteiger partial charge < -0.3 is 0 Å². The van der Waals surface area contributed by atoms with Gasteiger partial charge in [0.15, 0.2) is 0 Å². The topological polar surface area (TPSA) is 9.23 Å². The molecule has 22 heavy (non-hydrogen) atoms. The zero-order chi connectivity index (χ0) is 15.5. The van der Waals surface area contributed by atoms with Crippen molar-refractivity contribution in [3.8, 4) is 5.75 Å². The van der Waals surface area contributed by atoms with E-state index in [4.69, 9.17) is 4.74 Å². The first-order valence-corrected chi connectivity index (χ1v) is 10.5. The Kier molecular flexibility index (Phi) is 8.39. The molecule has 0 saturated heterocycles. The van der Waals surface area contributed by atoms with Gasteiger partial charge in [0, 0.05) is 0 Å². The Labute approximate surface area is 145 Å². The molecule has 2 rings (SSSR count). The van der Waals surface area contributed by atoms with E-state index in [0.717, 1.165) is 12.4 Å². The second kappa shape index (κ2) is 10.7. The second-order valence-electron chi connectivity index (χ2n) is 5.46. The molecule has 0 aromatic heterocycles. The predicted octanol–water partition coefficient (Wildman–Crippen LogP) is 2.55. The minimum atomic E-state index is -0.0655. The van der Waals surface area contributed by atoms with Gasteiger partial charge >= 0.3 is 139 Å². The van der Waals surface area contributed by atoms with Crippen LogP contribution in [0.4, 0.5) is 0 Å². The molecule has 120 valence electrons. The SMILES string of the molecule is CCCCCCCCOc1ccc([I-]c2ccccc2)cc1. The van der Waals surface area contributed by atoms with E-state index in [2.05, 4.69) is 61.5 Å². The summed E-state index contributed by atoms with van der Waals surface area (Å²) >= 11 is -0.0655. The summed E-state index contributed by atoms with van der Waals surface area (Å²) in [5.74, 6) is 1.01. The summed E-state index contributed by atoms with van der Waals surface area (Å²) in [6.45, 7) is 3.10. The van der Waals surface area contributed by atoms with Crippen LogP contribution in [0, 0.1) is 7.14 Å². The van der Waals surface area contributed by atoms with Gasteiger partial charge in [-0.05, 0) is 0 Å². The normalized spacial score (nSPS) is 10.8. The van der Waals surface area contributed by atoms with Crippen molar-refractivity contribution in [2.75, 3.05) is 6.61 Å². The van der Waals surface area contributed by atoms with E-state index < -0.39 is 0 Å². The van der Waals surface area contributed by atoms with E-state index in [0.29, 0.717) is 0 Å². The Bertz CT molecular complexity index is 507. The molecule has 0 unspecified atom stereocenters. The van der Waals surface area contributed by atoms with E-state index in [1.165, 1.54) is 45.7 Å². The van der Waals surface area contributed by atoms with Crippen molar-refractivity contribution in [3.05, 3.63) is 61.7 Å². The molecule has 2 aromatic carbocycles. The van der Waals surface area contributed by atoms with Crippen LogP contribution >= 0.6 is 0 Å². The first kappa shape index (κ1) is 17.3. The third kappa shape index (κ3) is 6.82. The van der Waals surface area contributed by atoms with Gasteiger partial charge in [0.05, 0.1) is 0 Å². The van der Waals surface area contributed by atoms with Crippen molar-refractivity contribution >= 4 is 0 Å². The van der Waals surface area contributed by atoms with E-state index in [1.54, 1.807) is 0 Å². The van der Waals surface area contributed by atoms with Gasteiger partial charge in [-0.25, -0.2) is 0 Å². The summed E-state index contributed by atoms with van der Waals surface area (Å²) in [4.78, 5) is 0. The molecule has 0 aliphatic rings. The van der Waals surface area contributed by atoms with Crippen LogP contribution in [0.2, 0.25) is 0 Å². The summed E-state index contributed by atoms with van der Waals surface area (Å²) in [5, 5.41) is 0. The fraction of sp³-hybridized carbons (Fsp3) is 0.400. The molecule has 2 aromatic rings. The van der Waals surface area contributed by atoms with Crippen LogP contribution in [0.5, 0.6) is 5.75 Å². The van der Waals surface area contributed by atoms with Crippen molar-refractivity contribution in [3.63, 3.8) is 0 Å². The minimum absolute atomic E-state index is 0.0655. The molecule has 0 atom stereocenters. The maximum absolute atomic E-state index is 5.83. The molecule has 0 spiro atoms. The molecule has 0 fully saturated rings. The van der Waals surface area contributed by atoms with E-state index >= 15 is 0 Å². The summed E-state index contributed by atoms with van der Waals surface area (Å²) in [7, 11) is 0. The fourth-order valence-corrected chi connectivity index (χ4v) is 4.48. The Balaban J connectivity index is 1.66. The van der Waals surface area contributed by atoms with Gasteiger partial charge in [-0.3, -0.25) is 0 Å². The predicted molar refractivity (Wildman–Crippen MR) is 89.1 cm³/mol. The number of unbranched alkanes of at least 4 members (excludes halogenated alkanes) is 5. The van der Waals surface area contributed by atoms with Crippen LogP contribution in [0.3, 0.4) is 0 Å². The average Bonchev–Trinajstić information content (AvgIpc) is 2.56. The molecule has 0 aliphatic carbocycles. The zero-order valence-corrected chi connectivity index (χ0v) is 15.6. The molecule has 0 N–H and O–H groups in total. The summed E-state index contributed by atoms with van der Waals surface area (Å²) in [5.41, 5.74) is 0. The van der Waals surface area contributed by atoms with Crippen LogP contribution in [0.1, 0.15) is 45.4 Å². The molecule has 0 radical (unpaired) electrons. The fourth-order valence-electron chi connectivity index (χ4n) is 2.27. The number of benzene rings is 2. The molecule has 2 heteroatoms. The molecule has 0 heterocycles. The van der Waals surface area contributed by atoms with Crippen LogP contribution in [-0.4, -0.2) is 6.61 Å². The Morgan fingerprint density at radius 3 is 2.09 bits per heavy atom. The molecule has 1 nitrogen and oxygen atoms in total. The number of rotatable bonds is 10. The molecular weight excluding hydrogens is 383 g/mol. The monoisotopic (exact) mass is 409 g/mol. The quantitative estimate of drug-likeness (QED) is 0.433. The molecular formula is C20H26IO-. The van der Waals surface area contributed by atoms with Crippen LogP contribution in [0.15, 0.2) is 54.6 Å². The first-order valence-electron chi connectivity index (χ1n) is 8.31. The molecule has 0 amide bonds. The summed E-state index contributed by atoms with van der Waals surface area (Å²) < 4.78 is 8.73. The van der Waals surface area contributed by atoms with E-state index in [1.807, 2.05) is 0 Å². The van der Waals surface area contributed by atoms with Crippen LogP contribution in [-0.2, 0) is 0 Å². The van der Waals surface area contributed by atoms with E-state index in [-0.39, 0.29) is 21.2 Å². The molecule has 0 aliphatic heterocycles. The number of hydrogen-bond donors (Lipinski definition) is 0. The van der Waals surface area contributed by atoms with Crippen LogP contribution < -0.4 is 25.9 Å². The van der Waals surface area contributed by atoms with Gasteiger partial charge in [0.25, 0.3) is 0 Å². The Morgan fingerprint density at radius 2 is 1.36 bits per heavy atom. The second-order valence-corrected chi connectivity index (χ2v) is 8.49. The van der Waals surface area contributed by atoms with Gasteiger partial charge in [-0.1, -0.05) is 6.92 Å². The summed E-state index contributed by atoms with van der Waals surface area (Å²) in [6, 6.07) is 19.4. The van der Waals surface area contributed by atoms with Crippen molar-refractivity contribution < 1.29 is 25.9 Å². The third-order valence-corrected chi connectivity index (χ3v) is 6.22. The van der Waals surface area contributed by atoms with Gasteiger partial charge in [0.1, 0.15) is 0 Å². The standard InChI is InChI=1S/C20H26IO/c1-2-3-4-5-6-10-17-22-20-15-13-19(14-16-20)21-18-11-8-7-9-12-18/h7-9,11-16H,2-6,10,17H2,1H3/q-1. The third-order valence-electron chi connectivity index (χ3n) is 3.53. The number of halogens is 1. The Morgan fingerprint density at radius 1 is 0.727 bits per heavy atom. The Hall–Kier alpha value is -1.03. The van der Waals surface area contributed by atoms with Gasteiger partial charge in [0.2, 0.25) is 0 Å².